The van der Waals surface area contributed by atoms with E-state index in [0.717, 1.165) is 47.4 Å². The number of halogens is 2. The van der Waals surface area contributed by atoms with Gasteiger partial charge in [0.1, 0.15) is 10.8 Å². The smallest absolute Gasteiger partial charge is 0.317 e. The Bertz CT molecular complexity index is 1970. The molecule has 1 saturated heterocycles. The molecule has 4 aromatic heterocycles. The number of carbonyl (C=O) groups excluding carboxylic acids is 1. The number of anilines is 1. The van der Waals surface area contributed by atoms with Gasteiger partial charge in [-0.1, -0.05) is 17.7 Å². The predicted molar refractivity (Wildman–Crippen MR) is 175 cm³/mol. The van der Waals surface area contributed by atoms with Crippen LogP contribution in [0.1, 0.15) is 50.3 Å². The zero-order chi connectivity index (χ0) is 31.8. The molecule has 0 bridgehead atoms. The fraction of sp³-hybridized carbons (Fsp3) is 0.364. The minimum atomic E-state index is -0.509. The summed E-state index contributed by atoms with van der Waals surface area (Å²) < 4.78 is 18.3. The summed E-state index contributed by atoms with van der Waals surface area (Å²) in [4.78, 5) is 36.9. The summed E-state index contributed by atoms with van der Waals surface area (Å²) in [5.74, 6) is -0.509. The summed E-state index contributed by atoms with van der Waals surface area (Å²) in [7, 11) is 1.77. The van der Waals surface area contributed by atoms with Crippen molar-refractivity contribution in [3.8, 4) is 11.3 Å². The third-order valence-corrected chi connectivity index (χ3v) is 8.78. The van der Waals surface area contributed by atoms with Crippen LogP contribution in [0.3, 0.4) is 0 Å². The first-order valence-corrected chi connectivity index (χ1v) is 15.6. The number of rotatable bonds is 7. The number of aryl methyl sites for hydroxylation is 2. The van der Waals surface area contributed by atoms with Crippen molar-refractivity contribution < 1.29 is 9.18 Å². The maximum absolute atomic E-state index is 14.8. The summed E-state index contributed by atoms with van der Waals surface area (Å²) >= 11 is 6.23. The molecule has 6 rings (SSSR count). The molecular formula is C33H36ClFN8O2. The number of nitrogens with one attached hydrogen (secondary N) is 2. The maximum Gasteiger partial charge on any atom is 0.317 e. The Labute approximate surface area is 265 Å². The zero-order valence-electron chi connectivity index (χ0n) is 25.8. The van der Waals surface area contributed by atoms with E-state index in [1.807, 2.05) is 42.6 Å². The summed E-state index contributed by atoms with van der Waals surface area (Å²) in [6.07, 6.45) is 7.31. The highest BCUT2D eigenvalue weighted by atomic mass is 35.5. The quantitative estimate of drug-likeness (QED) is 0.207. The number of aromatic nitrogens is 5. The second-order valence-corrected chi connectivity index (χ2v) is 12.0. The summed E-state index contributed by atoms with van der Waals surface area (Å²) in [5.41, 5.74) is 3.62. The number of likely N-dealkylation sites (tertiary alicyclic amines) is 1. The molecule has 1 aliphatic heterocycles. The molecular weight excluding hydrogens is 595 g/mol. The van der Waals surface area contributed by atoms with Gasteiger partial charge < -0.3 is 15.5 Å². The molecule has 5 heterocycles. The Hall–Kier alpha value is -4.51. The summed E-state index contributed by atoms with van der Waals surface area (Å²) in [6.45, 7) is 7.60. The van der Waals surface area contributed by atoms with Crippen LogP contribution in [-0.2, 0) is 13.6 Å². The fourth-order valence-corrected chi connectivity index (χ4v) is 6.64. The lowest BCUT2D eigenvalue weighted by atomic mass is 9.95. The normalized spacial score (nSPS) is 15.9. The molecule has 45 heavy (non-hydrogen) atoms. The number of carbonyl (C=O) groups is 1. The lowest BCUT2D eigenvalue weighted by Gasteiger charge is -2.35. The van der Waals surface area contributed by atoms with Gasteiger partial charge in [0.05, 0.1) is 36.4 Å². The van der Waals surface area contributed by atoms with Crippen molar-refractivity contribution in [1.29, 1.82) is 0 Å². The number of urea groups is 1. The van der Waals surface area contributed by atoms with E-state index >= 15 is 0 Å². The number of hydrogen-bond donors (Lipinski definition) is 2. The number of piperidine rings is 1. The average molecular weight is 631 g/mol. The molecule has 234 valence electrons. The Morgan fingerprint density at radius 2 is 2.00 bits per heavy atom. The van der Waals surface area contributed by atoms with Gasteiger partial charge in [-0.15, -0.1) is 0 Å². The molecule has 10 nitrogen and oxygen atoms in total. The van der Waals surface area contributed by atoms with Crippen molar-refractivity contribution in [1.82, 2.24) is 34.5 Å². The van der Waals surface area contributed by atoms with Crippen LogP contribution in [0.2, 0.25) is 5.15 Å². The van der Waals surface area contributed by atoms with E-state index in [1.54, 1.807) is 29.8 Å². The van der Waals surface area contributed by atoms with E-state index in [2.05, 4.69) is 26.7 Å². The number of amides is 2. The number of pyridine rings is 3. The maximum atomic E-state index is 14.8. The highest BCUT2D eigenvalue weighted by molar-refractivity contribution is 6.29. The van der Waals surface area contributed by atoms with E-state index < -0.39 is 5.82 Å². The highest BCUT2D eigenvalue weighted by Crippen LogP contribution is 2.36. The molecule has 2 atom stereocenters. The van der Waals surface area contributed by atoms with Crippen LogP contribution in [0.25, 0.3) is 33.1 Å². The zero-order valence-corrected chi connectivity index (χ0v) is 26.5. The van der Waals surface area contributed by atoms with Gasteiger partial charge in [0, 0.05) is 54.1 Å². The Balaban J connectivity index is 1.44. The van der Waals surface area contributed by atoms with Crippen molar-refractivity contribution in [2.24, 2.45) is 7.05 Å². The van der Waals surface area contributed by atoms with Gasteiger partial charge >= 0.3 is 6.03 Å². The minimum absolute atomic E-state index is 0.0401. The molecule has 0 radical (unpaired) electrons. The fourth-order valence-electron chi connectivity index (χ4n) is 6.49. The molecule has 0 aliphatic carbocycles. The van der Waals surface area contributed by atoms with E-state index in [-0.39, 0.29) is 34.4 Å². The lowest BCUT2D eigenvalue weighted by molar-refractivity contribution is 0.141. The van der Waals surface area contributed by atoms with Gasteiger partial charge in [-0.3, -0.25) is 14.3 Å². The van der Waals surface area contributed by atoms with Crippen LogP contribution in [0.4, 0.5) is 14.9 Å². The van der Waals surface area contributed by atoms with Crippen LogP contribution in [0, 0.1) is 12.7 Å². The van der Waals surface area contributed by atoms with Gasteiger partial charge in [0.2, 0.25) is 0 Å². The topological polar surface area (TPSA) is 110 Å². The third-order valence-electron chi connectivity index (χ3n) is 8.57. The van der Waals surface area contributed by atoms with Gasteiger partial charge in [0.15, 0.2) is 5.82 Å². The molecule has 1 fully saturated rings. The highest BCUT2D eigenvalue weighted by Gasteiger charge is 2.28. The summed E-state index contributed by atoms with van der Waals surface area (Å²) in [5, 5.41) is 13.7. The van der Waals surface area contributed by atoms with E-state index in [9.17, 15) is 14.0 Å². The van der Waals surface area contributed by atoms with Crippen LogP contribution in [-0.4, -0.2) is 54.4 Å². The van der Waals surface area contributed by atoms with Crippen LogP contribution < -0.4 is 16.2 Å². The molecule has 12 heteroatoms. The van der Waals surface area contributed by atoms with Gasteiger partial charge in [-0.2, -0.15) is 5.10 Å². The van der Waals surface area contributed by atoms with E-state index in [4.69, 9.17) is 16.7 Å². The number of fused-ring (bicyclic) bond motifs is 3. The molecule has 0 spiro atoms. The molecule has 2 unspecified atom stereocenters. The largest absolute Gasteiger partial charge is 0.377 e. The Morgan fingerprint density at radius 1 is 1.18 bits per heavy atom. The van der Waals surface area contributed by atoms with Crippen molar-refractivity contribution in [2.45, 2.75) is 58.7 Å². The Morgan fingerprint density at radius 3 is 2.78 bits per heavy atom. The second kappa shape index (κ2) is 12.5. The van der Waals surface area contributed by atoms with E-state index in [1.165, 1.54) is 6.20 Å². The monoisotopic (exact) mass is 630 g/mol. The van der Waals surface area contributed by atoms with Crippen LogP contribution >= 0.6 is 11.6 Å². The van der Waals surface area contributed by atoms with Crippen LogP contribution in [0.15, 0.2) is 53.7 Å². The van der Waals surface area contributed by atoms with Crippen molar-refractivity contribution in [3.05, 3.63) is 81.4 Å². The second-order valence-electron chi connectivity index (χ2n) is 11.6. The third kappa shape index (κ3) is 5.72. The first-order valence-electron chi connectivity index (χ1n) is 15.2. The molecule has 1 aromatic carbocycles. The summed E-state index contributed by atoms with van der Waals surface area (Å²) in [6, 6.07) is 8.53. The first-order chi connectivity index (χ1) is 21.7. The first kappa shape index (κ1) is 30.5. The van der Waals surface area contributed by atoms with Crippen molar-refractivity contribution >= 4 is 45.1 Å². The number of hydrogen-bond acceptors (Lipinski definition) is 6. The SMILES string of the molecule is CCNC(=O)N1CCCCC1Cn1ncc2c3c(C(C)Nc4ccc(Cl)nc4-c4ccncc4F)cc(C)cc3c(=O)n(C)c21. The van der Waals surface area contributed by atoms with Gasteiger partial charge in [-0.25, -0.2) is 18.9 Å². The standard InChI is InChI=1S/C33H36ClFN8O2/c1-5-37-33(45)42-13-7-6-8-21(42)18-43-31-25(16-38-43)29-23(14-19(2)15-24(29)32(44)41(31)4)20(3)39-27-9-10-28(34)40-30(27)22-11-12-36-17-26(22)35/h9-12,14-17,20-21,39H,5-8,13,18H2,1-4H3,(H,37,45). The van der Waals surface area contributed by atoms with Gasteiger partial charge in [0.25, 0.3) is 5.56 Å². The molecule has 2 N–H and O–H groups in total. The van der Waals surface area contributed by atoms with Gasteiger partial charge in [-0.05, 0) is 75.4 Å². The average Bonchev–Trinajstić information content (AvgIpc) is 3.44. The Kier molecular flexibility index (Phi) is 8.46. The van der Waals surface area contributed by atoms with E-state index in [0.29, 0.717) is 42.0 Å². The molecule has 2 amide bonds. The van der Waals surface area contributed by atoms with Crippen LogP contribution in [0.5, 0.6) is 0 Å². The lowest BCUT2D eigenvalue weighted by Crippen LogP contribution is -2.50. The molecule has 0 saturated carbocycles. The molecule has 1 aliphatic rings. The number of benzene rings is 1. The minimum Gasteiger partial charge on any atom is -0.377 e. The number of nitrogens with zero attached hydrogens (tertiary/aromatic N) is 6. The van der Waals surface area contributed by atoms with Crippen molar-refractivity contribution in [3.63, 3.8) is 0 Å². The molecule has 5 aromatic rings. The predicted octanol–water partition coefficient (Wildman–Crippen LogP) is 6.20. The van der Waals surface area contributed by atoms with Crippen molar-refractivity contribution in [2.75, 3.05) is 18.4 Å².